The zero-order chi connectivity index (χ0) is 14.7. The Morgan fingerprint density at radius 3 is 2.90 bits per heavy atom. The van der Waals surface area contributed by atoms with Crippen molar-refractivity contribution in [3.05, 3.63) is 47.8 Å². The molecule has 6 heteroatoms. The number of nitrogens with zero attached hydrogens (tertiary/aromatic N) is 2. The van der Waals surface area contributed by atoms with Gasteiger partial charge in [0, 0.05) is 0 Å². The standard InChI is InChI=1S/C15H16N2O3S/c18-15(19)14-12(20-10-11-5-2-1-3-6-11)9-16-17(14)13-7-4-8-21-13/h1-3,5-6,9,13H,4,7-8,10H2,(H,18,19). The van der Waals surface area contributed by atoms with Crippen LogP contribution in [0.4, 0.5) is 0 Å². The van der Waals surface area contributed by atoms with E-state index in [2.05, 4.69) is 5.10 Å². The Morgan fingerprint density at radius 1 is 1.43 bits per heavy atom. The predicted molar refractivity (Wildman–Crippen MR) is 80.7 cm³/mol. The molecule has 110 valence electrons. The van der Waals surface area contributed by atoms with Gasteiger partial charge in [0.15, 0.2) is 11.4 Å². The van der Waals surface area contributed by atoms with Crippen molar-refractivity contribution in [3.8, 4) is 5.75 Å². The van der Waals surface area contributed by atoms with Crippen molar-refractivity contribution >= 4 is 17.7 Å². The van der Waals surface area contributed by atoms with E-state index in [1.54, 1.807) is 16.4 Å². The number of carboxylic acid groups (broad SMARTS) is 1. The van der Waals surface area contributed by atoms with Crippen LogP contribution in [0, 0.1) is 0 Å². The van der Waals surface area contributed by atoms with Gasteiger partial charge in [0.25, 0.3) is 0 Å². The molecule has 0 saturated carbocycles. The van der Waals surface area contributed by atoms with Crippen molar-refractivity contribution in [2.75, 3.05) is 5.75 Å². The smallest absolute Gasteiger partial charge is 0.358 e. The molecule has 0 radical (unpaired) electrons. The number of rotatable bonds is 5. The maximum absolute atomic E-state index is 11.5. The van der Waals surface area contributed by atoms with Crippen LogP contribution in [0.15, 0.2) is 36.5 Å². The first-order valence-corrected chi connectivity index (χ1v) is 7.89. The molecule has 1 aliphatic heterocycles. The molecule has 5 nitrogen and oxygen atoms in total. The first kappa shape index (κ1) is 14.0. The van der Waals surface area contributed by atoms with E-state index in [1.807, 2.05) is 30.3 Å². The average Bonchev–Trinajstić information content (AvgIpc) is 3.15. The lowest BCUT2D eigenvalue weighted by Gasteiger charge is -2.12. The third kappa shape index (κ3) is 3.05. The van der Waals surface area contributed by atoms with Gasteiger partial charge in [-0.2, -0.15) is 5.10 Å². The Labute approximate surface area is 126 Å². The second-order valence-corrected chi connectivity index (χ2v) is 6.13. The van der Waals surface area contributed by atoms with Crippen LogP contribution in [0.3, 0.4) is 0 Å². The lowest BCUT2D eigenvalue weighted by atomic mass is 10.2. The molecule has 1 atom stereocenters. The average molecular weight is 304 g/mol. The molecule has 2 heterocycles. The second kappa shape index (κ2) is 6.22. The van der Waals surface area contributed by atoms with Gasteiger partial charge in [-0.15, -0.1) is 11.8 Å². The highest BCUT2D eigenvalue weighted by Gasteiger charge is 2.27. The van der Waals surface area contributed by atoms with E-state index < -0.39 is 5.97 Å². The number of ether oxygens (including phenoxy) is 1. The van der Waals surface area contributed by atoms with Gasteiger partial charge >= 0.3 is 5.97 Å². The maximum Gasteiger partial charge on any atom is 0.358 e. The molecule has 1 saturated heterocycles. The van der Waals surface area contributed by atoms with Crippen LogP contribution in [0.2, 0.25) is 0 Å². The van der Waals surface area contributed by atoms with Crippen LogP contribution in [-0.4, -0.2) is 26.6 Å². The minimum Gasteiger partial charge on any atom is -0.485 e. The fourth-order valence-electron chi connectivity index (χ4n) is 2.36. The lowest BCUT2D eigenvalue weighted by Crippen LogP contribution is -2.13. The summed E-state index contributed by atoms with van der Waals surface area (Å²) in [7, 11) is 0. The summed E-state index contributed by atoms with van der Waals surface area (Å²) < 4.78 is 7.23. The van der Waals surface area contributed by atoms with E-state index >= 15 is 0 Å². The summed E-state index contributed by atoms with van der Waals surface area (Å²) in [5.41, 5.74) is 1.14. The molecule has 1 unspecified atom stereocenters. The molecule has 0 aliphatic carbocycles. The number of thioether (sulfide) groups is 1. The molecule has 3 rings (SSSR count). The molecule has 0 bridgehead atoms. The Kier molecular flexibility index (Phi) is 4.15. The van der Waals surface area contributed by atoms with Crippen molar-refractivity contribution < 1.29 is 14.6 Å². The molecule has 1 aromatic heterocycles. The van der Waals surface area contributed by atoms with Gasteiger partial charge in [0.2, 0.25) is 0 Å². The first-order chi connectivity index (χ1) is 10.3. The van der Waals surface area contributed by atoms with Crippen molar-refractivity contribution in [2.45, 2.75) is 24.8 Å². The van der Waals surface area contributed by atoms with E-state index in [0.717, 1.165) is 24.2 Å². The third-order valence-electron chi connectivity index (χ3n) is 3.38. The molecule has 0 spiro atoms. The number of carbonyl (C=O) groups is 1. The Morgan fingerprint density at radius 2 is 2.24 bits per heavy atom. The third-order valence-corrected chi connectivity index (χ3v) is 4.72. The van der Waals surface area contributed by atoms with Crippen LogP contribution in [-0.2, 0) is 6.61 Å². The summed E-state index contributed by atoms with van der Waals surface area (Å²) in [5.74, 6) is 0.381. The van der Waals surface area contributed by atoms with Gasteiger partial charge in [-0.25, -0.2) is 9.48 Å². The SMILES string of the molecule is O=C(O)c1c(OCc2ccccc2)cnn1C1CCCS1. The van der Waals surface area contributed by atoms with E-state index in [4.69, 9.17) is 4.74 Å². The fraction of sp³-hybridized carbons (Fsp3) is 0.333. The highest BCUT2D eigenvalue weighted by molar-refractivity contribution is 7.99. The molecule has 21 heavy (non-hydrogen) atoms. The minimum absolute atomic E-state index is 0.102. The first-order valence-electron chi connectivity index (χ1n) is 6.85. The largest absolute Gasteiger partial charge is 0.485 e. The zero-order valence-corrected chi connectivity index (χ0v) is 12.3. The Balaban J connectivity index is 1.80. The highest BCUT2D eigenvalue weighted by atomic mass is 32.2. The Bertz CT molecular complexity index is 621. The molecular weight excluding hydrogens is 288 g/mol. The molecule has 1 aromatic carbocycles. The number of aromatic nitrogens is 2. The number of hydrogen-bond acceptors (Lipinski definition) is 4. The quantitative estimate of drug-likeness (QED) is 0.919. The topological polar surface area (TPSA) is 64.3 Å². The highest BCUT2D eigenvalue weighted by Crippen LogP contribution is 2.37. The van der Waals surface area contributed by atoms with Crippen LogP contribution in [0.1, 0.15) is 34.3 Å². The molecule has 1 fully saturated rings. The number of aromatic carboxylic acids is 1. The van der Waals surface area contributed by atoms with Crippen molar-refractivity contribution in [3.63, 3.8) is 0 Å². The normalized spacial score (nSPS) is 17.8. The summed E-state index contributed by atoms with van der Waals surface area (Å²) in [5, 5.41) is 13.8. The van der Waals surface area contributed by atoms with Crippen LogP contribution < -0.4 is 4.74 Å². The molecule has 2 aromatic rings. The van der Waals surface area contributed by atoms with Gasteiger partial charge in [-0.05, 0) is 24.2 Å². The Hall–Kier alpha value is -1.95. The molecule has 1 aliphatic rings. The summed E-state index contributed by atoms with van der Waals surface area (Å²) in [6.45, 7) is 0.338. The van der Waals surface area contributed by atoms with E-state index in [0.29, 0.717) is 12.4 Å². The molecular formula is C15H16N2O3S. The van der Waals surface area contributed by atoms with Crippen LogP contribution in [0.25, 0.3) is 0 Å². The van der Waals surface area contributed by atoms with Crippen LogP contribution >= 0.6 is 11.8 Å². The monoisotopic (exact) mass is 304 g/mol. The second-order valence-electron chi connectivity index (χ2n) is 4.85. The maximum atomic E-state index is 11.5. The van der Waals surface area contributed by atoms with Gasteiger partial charge < -0.3 is 9.84 Å². The van der Waals surface area contributed by atoms with Gasteiger partial charge in [-0.1, -0.05) is 30.3 Å². The van der Waals surface area contributed by atoms with Crippen molar-refractivity contribution in [1.29, 1.82) is 0 Å². The number of hydrogen-bond donors (Lipinski definition) is 1. The van der Waals surface area contributed by atoms with E-state index in [-0.39, 0.29) is 11.1 Å². The predicted octanol–water partition coefficient (Wildman–Crippen LogP) is 3.19. The lowest BCUT2D eigenvalue weighted by molar-refractivity contribution is 0.0677. The molecule has 0 amide bonds. The van der Waals surface area contributed by atoms with Crippen molar-refractivity contribution in [2.24, 2.45) is 0 Å². The zero-order valence-electron chi connectivity index (χ0n) is 11.4. The summed E-state index contributed by atoms with van der Waals surface area (Å²) in [4.78, 5) is 11.5. The summed E-state index contributed by atoms with van der Waals surface area (Å²) in [6.07, 6.45) is 3.55. The van der Waals surface area contributed by atoms with Gasteiger partial charge in [-0.3, -0.25) is 0 Å². The van der Waals surface area contributed by atoms with Crippen molar-refractivity contribution in [1.82, 2.24) is 9.78 Å². The van der Waals surface area contributed by atoms with E-state index in [9.17, 15) is 9.90 Å². The van der Waals surface area contributed by atoms with Gasteiger partial charge in [0.1, 0.15) is 6.61 Å². The molecule has 1 N–H and O–H groups in total. The van der Waals surface area contributed by atoms with E-state index in [1.165, 1.54) is 6.20 Å². The summed E-state index contributed by atoms with van der Waals surface area (Å²) >= 11 is 1.74. The van der Waals surface area contributed by atoms with Crippen LogP contribution in [0.5, 0.6) is 5.75 Å². The van der Waals surface area contributed by atoms with Gasteiger partial charge in [0.05, 0.1) is 11.6 Å². The number of benzene rings is 1. The summed E-state index contributed by atoms with van der Waals surface area (Å²) in [6, 6.07) is 9.67. The number of carboxylic acids is 1. The minimum atomic E-state index is -0.997. The fourth-order valence-corrected chi connectivity index (χ4v) is 3.60.